The van der Waals surface area contributed by atoms with Gasteiger partial charge in [0.25, 0.3) is 0 Å². The molecule has 5 rings (SSSR count). The summed E-state index contributed by atoms with van der Waals surface area (Å²) < 4.78 is 14.0. The van der Waals surface area contributed by atoms with E-state index in [1.807, 2.05) is 93.6 Å². The monoisotopic (exact) mass is 822 g/mol. The van der Waals surface area contributed by atoms with E-state index in [1.54, 1.807) is 48.9 Å². The van der Waals surface area contributed by atoms with Gasteiger partial charge in [-0.15, -0.1) is 0 Å². The SMILES string of the molecule is CN(C(=O)O)[C@H](C(=O)N[C@@H](Cc1ccc(-c2ccccn2)cc1)C[C@H](O)[C@H](Cc1ccccc1)NC(=O)[C@@H](N1CCN(Cc2cccc(F)c2)C1=O)C(C)(C)C)C(C)(C)C. The number of aliphatic hydroxyl groups excluding tert-OH is 1. The number of nitrogens with one attached hydrogen (secondary N) is 2. The molecule has 0 saturated carbocycles. The third-order valence-corrected chi connectivity index (χ3v) is 10.9. The van der Waals surface area contributed by atoms with Crippen molar-refractivity contribution in [2.75, 3.05) is 20.1 Å². The van der Waals surface area contributed by atoms with Crippen LogP contribution in [-0.4, -0.2) is 104 Å². The number of carboxylic acid groups (broad SMARTS) is 1. The van der Waals surface area contributed by atoms with Crippen molar-refractivity contribution in [3.05, 3.63) is 126 Å². The van der Waals surface area contributed by atoms with Crippen LogP contribution in [0.3, 0.4) is 0 Å². The lowest BCUT2D eigenvalue weighted by Gasteiger charge is -2.38. The molecule has 13 heteroatoms. The molecule has 1 fully saturated rings. The first-order valence-electron chi connectivity index (χ1n) is 20.4. The summed E-state index contributed by atoms with van der Waals surface area (Å²) in [6.45, 7) is 11.8. The summed E-state index contributed by atoms with van der Waals surface area (Å²) in [4.78, 5) is 63.2. The van der Waals surface area contributed by atoms with E-state index in [4.69, 9.17) is 0 Å². The summed E-state index contributed by atoms with van der Waals surface area (Å²) in [5.74, 6) is -1.35. The van der Waals surface area contributed by atoms with Gasteiger partial charge in [0.2, 0.25) is 11.8 Å². The Morgan fingerprint density at radius 3 is 2.05 bits per heavy atom. The minimum absolute atomic E-state index is 0.00338. The van der Waals surface area contributed by atoms with Crippen molar-refractivity contribution >= 4 is 23.9 Å². The second-order valence-electron chi connectivity index (χ2n) is 17.9. The minimum Gasteiger partial charge on any atom is -0.465 e. The van der Waals surface area contributed by atoms with E-state index < -0.39 is 64.8 Å². The molecule has 0 radical (unpaired) electrons. The van der Waals surface area contributed by atoms with Crippen molar-refractivity contribution in [1.82, 2.24) is 30.3 Å². The molecular weight excluding hydrogens is 764 g/mol. The molecule has 1 aromatic heterocycles. The van der Waals surface area contributed by atoms with Gasteiger partial charge in [-0.3, -0.25) is 19.5 Å². The minimum atomic E-state index is -1.25. The highest BCUT2D eigenvalue weighted by Crippen LogP contribution is 2.30. The highest BCUT2D eigenvalue weighted by molar-refractivity contribution is 5.89. The summed E-state index contributed by atoms with van der Waals surface area (Å²) in [5, 5.41) is 28.3. The maximum atomic E-state index is 14.6. The van der Waals surface area contributed by atoms with Crippen LogP contribution in [0.4, 0.5) is 14.0 Å². The van der Waals surface area contributed by atoms with E-state index in [0.29, 0.717) is 18.5 Å². The normalized spacial score (nSPS) is 15.8. The predicted molar refractivity (Wildman–Crippen MR) is 229 cm³/mol. The zero-order chi connectivity index (χ0) is 43.8. The van der Waals surface area contributed by atoms with Crippen LogP contribution in [0.2, 0.25) is 0 Å². The molecule has 0 unspecified atom stereocenters. The quantitative estimate of drug-likeness (QED) is 0.0973. The van der Waals surface area contributed by atoms with Crippen molar-refractivity contribution in [3.8, 4) is 11.3 Å². The molecule has 1 aliphatic rings. The molecule has 5 atom stereocenters. The third kappa shape index (κ3) is 11.9. The number of benzene rings is 3. The molecule has 60 heavy (non-hydrogen) atoms. The Morgan fingerprint density at radius 2 is 1.45 bits per heavy atom. The summed E-state index contributed by atoms with van der Waals surface area (Å²) in [6, 6.07) is 25.1. The second kappa shape index (κ2) is 19.5. The predicted octanol–water partition coefficient (Wildman–Crippen LogP) is 6.77. The fourth-order valence-corrected chi connectivity index (χ4v) is 8.08. The van der Waals surface area contributed by atoms with Crippen molar-refractivity contribution < 1.29 is 33.8 Å². The van der Waals surface area contributed by atoms with Crippen LogP contribution in [-0.2, 0) is 29.0 Å². The molecule has 5 amide bonds. The fourth-order valence-electron chi connectivity index (χ4n) is 8.08. The van der Waals surface area contributed by atoms with Crippen LogP contribution in [0.5, 0.6) is 0 Å². The average Bonchev–Trinajstić information content (AvgIpc) is 3.52. The number of likely N-dealkylation sites (N-methyl/N-ethyl adjacent to an activating group) is 1. The lowest BCUT2D eigenvalue weighted by atomic mass is 9.84. The Bertz CT molecular complexity index is 2070. The van der Waals surface area contributed by atoms with Crippen LogP contribution >= 0.6 is 0 Å². The molecule has 2 heterocycles. The van der Waals surface area contributed by atoms with Crippen LogP contribution in [0, 0.1) is 16.6 Å². The maximum absolute atomic E-state index is 14.6. The van der Waals surface area contributed by atoms with Gasteiger partial charge in [0, 0.05) is 44.5 Å². The number of urea groups is 1. The summed E-state index contributed by atoms with van der Waals surface area (Å²) in [6.07, 6.45) is -0.188. The number of halogens is 1. The van der Waals surface area contributed by atoms with Gasteiger partial charge in [-0.25, -0.2) is 14.0 Å². The number of amides is 5. The Morgan fingerprint density at radius 1 is 0.800 bits per heavy atom. The molecule has 4 aromatic rings. The molecule has 1 aliphatic heterocycles. The molecule has 4 N–H and O–H groups in total. The molecule has 12 nitrogen and oxygen atoms in total. The second-order valence-corrected chi connectivity index (χ2v) is 17.9. The van der Waals surface area contributed by atoms with Crippen LogP contribution < -0.4 is 10.6 Å². The van der Waals surface area contributed by atoms with Crippen molar-refractivity contribution in [1.29, 1.82) is 0 Å². The Kier molecular flexibility index (Phi) is 14.7. The van der Waals surface area contributed by atoms with Crippen molar-refractivity contribution in [3.63, 3.8) is 0 Å². The molecular formula is C47H59FN6O6. The molecule has 1 saturated heterocycles. The number of aromatic nitrogens is 1. The zero-order valence-electron chi connectivity index (χ0n) is 35.6. The number of hydrogen-bond acceptors (Lipinski definition) is 6. The van der Waals surface area contributed by atoms with E-state index >= 15 is 0 Å². The number of carbonyl (C=O) groups excluding carboxylic acids is 3. The van der Waals surface area contributed by atoms with E-state index in [0.717, 1.165) is 27.3 Å². The standard InChI is InChI=1S/C47H59FN6O6/c1-46(2,3)40(52(7)45(59)60)42(56)50-36(27-32-19-21-34(22-20-32)37-18-11-12-23-49-37)29-39(55)38(28-31-14-9-8-10-15-31)51-43(57)41(47(4,5)6)54-25-24-53(44(54)58)30-33-16-13-17-35(48)26-33/h8-23,26,36,38-41,55H,24-25,27-30H2,1-7H3,(H,50,56)(H,51,57)(H,59,60)/t36-,38-,39-,40+,41+/m0/s1. The lowest BCUT2D eigenvalue weighted by molar-refractivity contribution is -0.131. The third-order valence-electron chi connectivity index (χ3n) is 10.9. The van der Waals surface area contributed by atoms with Gasteiger partial charge >= 0.3 is 12.1 Å². The Hall–Kier alpha value is -5.82. The summed E-state index contributed by atoms with van der Waals surface area (Å²) in [5.41, 5.74) is 2.58. The van der Waals surface area contributed by atoms with E-state index in [1.165, 1.54) is 19.2 Å². The molecule has 0 bridgehead atoms. The number of nitrogens with zero attached hydrogens (tertiary/aromatic N) is 4. The van der Waals surface area contributed by atoms with Gasteiger partial charge in [0.05, 0.1) is 17.8 Å². The van der Waals surface area contributed by atoms with E-state index in [2.05, 4.69) is 15.6 Å². The van der Waals surface area contributed by atoms with Gasteiger partial charge < -0.3 is 30.6 Å². The van der Waals surface area contributed by atoms with Gasteiger partial charge in [0.1, 0.15) is 17.9 Å². The lowest BCUT2D eigenvalue weighted by Crippen LogP contribution is -2.59. The number of pyridine rings is 1. The van der Waals surface area contributed by atoms with Gasteiger partial charge in [0.15, 0.2) is 0 Å². The highest BCUT2D eigenvalue weighted by Gasteiger charge is 2.45. The number of rotatable bonds is 16. The Labute approximate surface area is 352 Å². The van der Waals surface area contributed by atoms with Crippen LogP contribution in [0.15, 0.2) is 103 Å². The smallest absolute Gasteiger partial charge is 0.407 e. The zero-order valence-corrected chi connectivity index (χ0v) is 35.6. The number of carbonyl (C=O) groups is 4. The van der Waals surface area contributed by atoms with Gasteiger partial charge in [-0.2, -0.15) is 0 Å². The van der Waals surface area contributed by atoms with E-state index in [9.17, 15) is 33.8 Å². The summed E-state index contributed by atoms with van der Waals surface area (Å²) >= 11 is 0. The van der Waals surface area contributed by atoms with Crippen LogP contribution in [0.1, 0.15) is 64.7 Å². The number of hydrogen-bond donors (Lipinski definition) is 4. The first kappa shape index (κ1) is 45.3. The molecule has 0 spiro atoms. The Balaban J connectivity index is 1.43. The first-order valence-corrected chi connectivity index (χ1v) is 20.4. The van der Waals surface area contributed by atoms with Gasteiger partial charge in [-0.05, 0) is 71.0 Å². The van der Waals surface area contributed by atoms with Crippen LogP contribution in [0.25, 0.3) is 11.3 Å². The van der Waals surface area contributed by atoms with Gasteiger partial charge in [-0.1, -0.05) is 114 Å². The number of aliphatic hydroxyl groups is 1. The average molecular weight is 823 g/mol. The van der Waals surface area contributed by atoms with Crippen molar-refractivity contribution in [2.45, 2.75) is 97.6 Å². The maximum Gasteiger partial charge on any atom is 0.407 e. The van der Waals surface area contributed by atoms with E-state index in [-0.39, 0.29) is 32.0 Å². The van der Waals surface area contributed by atoms with Crippen molar-refractivity contribution in [2.24, 2.45) is 10.8 Å². The fraction of sp³-hybridized carbons (Fsp3) is 0.426. The molecule has 320 valence electrons. The highest BCUT2D eigenvalue weighted by atomic mass is 19.1. The largest absolute Gasteiger partial charge is 0.465 e. The summed E-state index contributed by atoms with van der Waals surface area (Å²) in [7, 11) is 1.36. The topological polar surface area (TPSA) is 155 Å². The first-order chi connectivity index (χ1) is 28.3. The molecule has 0 aliphatic carbocycles. The molecule has 3 aromatic carbocycles.